The highest BCUT2D eigenvalue weighted by atomic mass is 32.2. The van der Waals surface area contributed by atoms with Crippen LogP contribution in [0.25, 0.3) is 0 Å². The van der Waals surface area contributed by atoms with Crippen molar-refractivity contribution in [1.29, 1.82) is 0 Å². The Morgan fingerprint density at radius 3 is 2.50 bits per heavy atom. The third-order valence-electron chi connectivity index (χ3n) is 3.58. The van der Waals surface area contributed by atoms with Crippen molar-refractivity contribution in [3.8, 4) is 0 Å². The van der Waals surface area contributed by atoms with Crippen molar-refractivity contribution < 1.29 is 27.5 Å². The van der Waals surface area contributed by atoms with Crippen LogP contribution in [0, 0.1) is 0 Å². The Morgan fingerprint density at radius 2 is 1.88 bits per heavy atom. The molecule has 1 aliphatic heterocycles. The SMILES string of the molecule is CC/C=C/C(=O)OCC(=O)Nc1ccc(S(=O)(=O)N2CCOCC2)cc1. The highest BCUT2D eigenvalue weighted by Gasteiger charge is 2.26. The molecule has 1 fully saturated rings. The van der Waals surface area contributed by atoms with Crippen LogP contribution >= 0.6 is 0 Å². The number of morpholine rings is 1. The van der Waals surface area contributed by atoms with Crippen LogP contribution in [0.5, 0.6) is 0 Å². The number of hydrogen-bond donors (Lipinski definition) is 1. The van der Waals surface area contributed by atoms with Crippen LogP contribution in [0.1, 0.15) is 13.3 Å². The third-order valence-corrected chi connectivity index (χ3v) is 5.49. The summed E-state index contributed by atoms with van der Waals surface area (Å²) in [5.74, 6) is -1.10. The number of amides is 1. The Labute approximate surface area is 152 Å². The molecule has 9 heteroatoms. The third kappa shape index (κ3) is 5.65. The number of benzene rings is 1. The number of nitrogens with one attached hydrogen (secondary N) is 1. The Kier molecular flexibility index (Phi) is 7.31. The van der Waals surface area contributed by atoms with Crippen LogP contribution in [0.3, 0.4) is 0 Å². The molecule has 1 aromatic rings. The first-order valence-corrected chi connectivity index (χ1v) is 9.68. The van der Waals surface area contributed by atoms with Gasteiger partial charge in [-0.1, -0.05) is 13.0 Å². The highest BCUT2D eigenvalue weighted by Crippen LogP contribution is 2.19. The van der Waals surface area contributed by atoms with Gasteiger partial charge < -0.3 is 14.8 Å². The maximum atomic E-state index is 12.5. The minimum absolute atomic E-state index is 0.147. The molecule has 0 unspecified atom stereocenters. The predicted octanol–water partition coefficient (Wildman–Crippen LogP) is 1.16. The van der Waals surface area contributed by atoms with Gasteiger partial charge in [0.05, 0.1) is 18.1 Å². The Balaban J connectivity index is 1.91. The smallest absolute Gasteiger partial charge is 0.330 e. The van der Waals surface area contributed by atoms with E-state index >= 15 is 0 Å². The summed E-state index contributed by atoms with van der Waals surface area (Å²) in [6.45, 7) is 2.84. The van der Waals surface area contributed by atoms with E-state index in [1.54, 1.807) is 6.08 Å². The van der Waals surface area contributed by atoms with E-state index in [9.17, 15) is 18.0 Å². The van der Waals surface area contributed by atoms with Crippen molar-refractivity contribution in [2.24, 2.45) is 0 Å². The second-order valence-corrected chi connectivity index (χ2v) is 7.45. The molecule has 0 aliphatic carbocycles. The molecular formula is C17H22N2O6S. The molecule has 1 aliphatic rings. The van der Waals surface area contributed by atoms with Crippen LogP contribution in [-0.4, -0.2) is 57.5 Å². The molecule has 0 aromatic heterocycles. The monoisotopic (exact) mass is 382 g/mol. The molecule has 0 radical (unpaired) electrons. The first-order valence-electron chi connectivity index (χ1n) is 8.24. The van der Waals surface area contributed by atoms with Gasteiger partial charge in [0, 0.05) is 24.9 Å². The van der Waals surface area contributed by atoms with E-state index in [4.69, 9.17) is 9.47 Å². The van der Waals surface area contributed by atoms with Crippen LogP contribution in [0.4, 0.5) is 5.69 Å². The molecule has 0 saturated carbocycles. The minimum Gasteiger partial charge on any atom is -0.452 e. The van der Waals surface area contributed by atoms with Crippen LogP contribution in [-0.2, 0) is 29.1 Å². The Morgan fingerprint density at radius 1 is 1.23 bits per heavy atom. The van der Waals surface area contributed by atoms with Crippen molar-refractivity contribution in [3.05, 3.63) is 36.4 Å². The number of allylic oxidation sites excluding steroid dienone is 1. The summed E-state index contributed by atoms with van der Waals surface area (Å²) < 4.78 is 36.3. The summed E-state index contributed by atoms with van der Waals surface area (Å²) in [4.78, 5) is 23.2. The van der Waals surface area contributed by atoms with Crippen LogP contribution in [0.15, 0.2) is 41.3 Å². The van der Waals surface area contributed by atoms with Crippen molar-refractivity contribution in [3.63, 3.8) is 0 Å². The van der Waals surface area contributed by atoms with Crippen LogP contribution < -0.4 is 5.32 Å². The van der Waals surface area contributed by atoms with Gasteiger partial charge >= 0.3 is 5.97 Å². The summed E-state index contributed by atoms with van der Waals surface area (Å²) in [5, 5.41) is 2.54. The fraction of sp³-hybridized carbons (Fsp3) is 0.412. The molecule has 1 amide bonds. The molecular weight excluding hydrogens is 360 g/mol. The first-order chi connectivity index (χ1) is 12.4. The van der Waals surface area contributed by atoms with Gasteiger partial charge in [-0.15, -0.1) is 0 Å². The number of anilines is 1. The lowest BCUT2D eigenvalue weighted by molar-refractivity contribution is -0.142. The summed E-state index contributed by atoms with van der Waals surface area (Å²) >= 11 is 0. The van der Waals surface area contributed by atoms with Gasteiger partial charge in [-0.05, 0) is 30.7 Å². The fourth-order valence-corrected chi connectivity index (χ4v) is 3.65. The van der Waals surface area contributed by atoms with Gasteiger partial charge in [0.1, 0.15) is 0 Å². The topological polar surface area (TPSA) is 102 Å². The number of sulfonamides is 1. The normalized spacial score (nSPS) is 15.7. The zero-order valence-electron chi connectivity index (χ0n) is 14.5. The Hall–Kier alpha value is -2.23. The van der Waals surface area contributed by atoms with Gasteiger partial charge in [-0.25, -0.2) is 13.2 Å². The van der Waals surface area contributed by atoms with Gasteiger partial charge in [0.15, 0.2) is 6.61 Å². The van der Waals surface area contributed by atoms with Gasteiger partial charge in [-0.3, -0.25) is 4.79 Å². The average Bonchev–Trinajstić information content (AvgIpc) is 2.66. The average molecular weight is 382 g/mol. The molecule has 1 heterocycles. The first kappa shape index (κ1) is 20.1. The standard InChI is InChI=1S/C17H22N2O6S/c1-2-3-4-17(21)25-13-16(20)18-14-5-7-15(8-6-14)26(22,23)19-9-11-24-12-10-19/h3-8H,2,9-13H2,1H3,(H,18,20)/b4-3+. The van der Waals surface area contributed by atoms with Crippen molar-refractivity contribution >= 4 is 27.6 Å². The van der Waals surface area contributed by atoms with E-state index in [1.165, 1.54) is 34.6 Å². The molecule has 8 nitrogen and oxygen atoms in total. The van der Waals surface area contributed by atoms with E-state index in [1.807, 2.05) is 6.92 Å². The number of esters is 1. The summed E-state index contributed by atoms with van der Waals surface area (Å²) in [6.07, 6.45) is 3.59. The molecule has 1 aromatic carbocycles. The molecule has 0 bridgehead atoms. The Bertz CT molecular complexity index is 752. The lowest BCUT2D eigenvalue weighted by Crippen LogP contribution is -2.40. The largest absolute Gasteiger partial charge is 0.452 e. The summed E-state index contributed by atoms with van der Waals surface area (Å²) in [7, 11) is -3.57. The van der Waals surface area contributed by atoms with E-state index in [0.29, 0.717) is 38.4 Å². The predicted molar refractivity (Wildman–Crippen MR) is 95.0 cm³/mol. The van der Waals surface area contributed by atoms with E-state index in [2.05, 4.69) is 5.32 Å². The molecule has 0 atom stereocenters. The van der Waals surface area contributed by atoms with Gasteiger partial charge in [0.2, 0.25) is 10.0 Å². The fourth-order valence-electron chi connectivity index (χ4n) is 2.24. The molecule has 142 valence electrons. The maximum Gasteiger partial charge on any atom is 0.330 e. The zero-order valence-corrected chi connectivity index (χ0v) is 15.3. The van der Waals surface area contributed by atoms with Crippen molar-refractivity contribution in [2.75, 3.05) is 38.2 Å². The highest BCUT2D eigenvalue weighted by molar-refractivity contribution is 7.89. The quantitative estimate of drug-likeness (QED) is 0.561. The summed E-state index contributed by atoms with van der Waals surface area (Å²) in [6, 6.07) is 5.83. The van der Waals surface area contributed by atoms with Gasteiger partial charge in [-0.2, -0.15) is 4.31 Å². The van der Waals surface area contributed by atoms with Crippen molar-refractivity contribution in [1.82, 2.24) is 4.31 Å². The van der Waals surface area contributed by atoms with E-state index in [0.717, 1.165) is 0 Å². The second kappa shape index (κ2) is 9.46. The number of nitrogens with zero attached hydrogens (tertiary/aromatic N) is 1. The van der Waals surface area contributed by atoms with Gasteiger partial charge in [0.25, 0.3) is 5.91 Å². The minimum atomic E-state index is -3.57. The number of carbonyl (C=O) groups excluding carboxylic acids is 2. The molecule has 26 heavy (non-hydrogen) atoms. The number of ether oxygens (including phenoxy) is 2. The van der Waals surface area contributed by atoms with E-state index in [-0.39, 0.29) is 4.90 Å². The molecule has 1 N–H and O–H groups in total. The molecule has 1 saturated heterocycles. The molecule has 2 rings (SSSR count). The van der Waals surface area contributed by atoms with Crippen molar-refractivity contribution in [2.45, 2.75) is 18.2 Å². The zero-order chi connectivity index (χ0) is 19.0. The van der Waals surface area contributed by atoms with Crippen LogP contribution in [0.2, 0.25) is 0 Å². The number of hydrogen-bond acceptors (Lipinski definition) is 6. The molecule has 0 spiro atoms. The second-order valence-electron chi connectivity index (χ2n) is 5.51. The maximum absolute atomic E-state index is 12.5. The van der Waals surface area contributed by atoms with E-state index < -0.39 is 28.5 Å². The number of rotatable bonds is 7. The lowest BCUT2D eigenvalue weighted by atomic mass is 10.3. The summed E-state index contributed by atoms with van der Waals surface area (Å²) in [5.41, 5.74) is 0.413. The number of carbonyl (C=O) groups is 2. The lowest BCUT2D eigenvalue weighted by Gasteiger charge is -2.26.